The van der Waals surface area contributed by atoms with Gasteiger partial charge in [-0.3, -0.25) is 4.98 Å². The molecular weight excluding hydrogens is 216 g/mol. The smallest absolute Gasteiger partial charge is 0.161 e. The maximum atomic E-state index is 9.54. The summed E-state index contributed by atoms with van der Waals surface area (Å²) in [6.07, 6.45) is 1.70. The van der Waals surface area contributed by atoms with Gasteiger partial charge in [-0.2, -0.15) is 0 Å². The molecule has 4 heteroatoms. The first-order valence-electron chi connectivity index (χ1n) is 5.35. The molecule has 3 N–H and O–H groups in total. The summed E-state index contributed by atoms with van der Waals surface area (Å²) in [7, 11) is 0. The van der Waals surface area contributed by atoms with Crippen molar-refractivity contribution in [1.82, 2.24) is 4.98 Å². The van der Waals surface area contributed by atoms with Gasteiger partial charge in [0.15, 0.2) is 11.5 Å². The molecule has 1 aromatic heterocycles. The van der Waals surface area contributed by atoms with Crippen LogP contribution >= 0.6 is 0 Å². The van der Waals surface area contributed by atoms with Crippen LogP contribution in [0.15, 0.2) is 42.6 Å². The molecule has 0 amide bonds. The van der Waals surface area contributed by atoms with Gasteiger partial charge in [0.2, 0.25) is 0 Å². The van der Waals surface area contributed by atoms with Crippen LogP contribution in [-0.2, 0) is 13.2 Å². The van der Waals surface area contributed by atoms with Crippen LogP contribution in [0, 0.1) is 0 Å². The highest BCUT2D eigenvalue weighted by molar-refractivity contribution is 5.38. The Balaban J connectivity index is 2.10. The van der Waals surface area contributed by atoms with E-state index in [1.165, 1.54) is 0 Å². The minimum Gasteiger partial charge on any atom is -0.504 e. The summed E-state index contributed by atoms with van der Waals surface area (Å²) in [4.78, 5) is 4.21. The number of aromatic hydroxyl groups is 1. The summed E-state index contributed by atoms with van der Waals surface area (Å²) >= 11 is 0. The molecule has 0 bridgehead atoms. The molecule has 0 aliphatic heterocycles. The zero-order chi connectivity index (χ0) is 12.1. The van der Waals surface area contributed by atoms with Crippen molar-refractivity contribution in [3.05, 3.63) is 53.9 Å². The third kappa shape index (κ3) is 2.73. The van der Waals surface area contributed by atoms with E-state index in [-0.39, 0.29) is 5.75 Å². The number of nitrogens with zero attached hydrogens (tertiary/aromatic N) is 1. The summed E-state index contributed by atoms with van der Waals surface area (Å²) in [5, 5.41) is 9.54. The zero-order valence-corrected chi connectivity index (χ0v) is 9.34. The second kappa shape index (κ2) is 5.32. The number of ether oxygens (including phenoxy) is 1. The van der Waals surface area contributed by atoms with E-state index in [1.54, 1.807) is 30.5 Å². The predicted molar refractivity (Wildman–Crippen MR) is 64.6 cm³/mol. The summed E-state index contributed by atoms with van der Waals surface area (Å²) in [6.45, 7) is 0.720. The molecule has 17 heavy (non-hydrogen) atoms. The maximum absolute atomic E-state index is 9.54. The van der Waals surface area contributed by atoms with Gasteiger partial charge < -0.3 is 15.6 Å². The third-order valence-electron chi connectivity index (χ3n) is 2.43. The Labute approximate surface area is 99.7 Å². The Morgan fingerprint density at radius 3 is 2.76 bits per heavy atom. The van der Waals surface area contributed by atoms with Crippen molar-refractivity contribution in [3.63, 3.8) is 0 Å². The van der Waals surface area contributed by atoms with E-state index in [0.29, 0.717) is 18.9 Å². The monoisotopic (exact) mass is 230 g/mol. The number of hydrogen-bond donors (Lipinski definition) is 2. The number of pyridine rings is 1. The lowest BCUT2D eigenvalue weighted by molar-refractivity contribution is 0.284. The van der Waals surface area contributed by atoms with Crippen molar-refractivity contribution in [2.24, 2.45) is 5.73 Å². The molecule has 2 aromatic rings. The van der Waals surface area contributed by atoms with Gasteiger partial charge in [-0.05, 0) is 23.8 Å². The minimum absolute atomic E-state index is 0.123. The highest BCUT2D eigenvalue weighted by atomic mass is 16.5. The number of nitrogens with two attached hydrogens (primary N) is 1. The molecule has 0 saturated carbocycles. The molecule has 0 aliphatic carbocycles. The fourth-order valence-corrected chi connectivity index (χ4v) is 1.51. The highest BCUT2D eigenvalue weighted by Crippen LogP contribution is 2.25. The number of hydrogen-bond acceptors (Lipinski definition) is 4. The van der Waals surface area contributed by atoms with E-state index in [2.05, 4.69) is 4.98 Å². The van der Waals surface area contributed by atoms with Gasteiger partial charge >= 0.3 is 0 Å². The standard InChI is InChI=1S/C13H14N2O2/c14-8-10-4-3-7-15-11(10)9-17-13-6-2-1-5-12(13)16/h1-7,16H,8-9,14H2. The van der Waals surface area contributed by atoms with E-state index in [1.807, 2.05) is 12.1 Å². The summed E-state index contributed by atoms with van der Waals surface area (Å²) < 4.78 is 5.50. The van der Waals surface area contributed by atoms with Crippen LogP contribution in [0.3, 0.4) is 0 Å². The number of phenols is 1. The normalized spacial score (nSPS) is 10.2. The summed E-state index contributed by atoms with van der Waals surface area (Å²) in [5.74, 6) is 0.568. The molecule has 2 rings (SSSR count). The van der Waals surface area contributed by atoms with Crippen LogP contribution in [0.2, 0.25) is 0 Å². The third-order valence-corrected chi connectivity index (χ3v) is 2.43. The molecule has 0 spiro atoms. The van der Waals surface area contributed by atoms with E-state index in [9.17, 15) is 5.11 Å². The van der Waals surface area contributed by atoms with Crippen molar-refractivity contribution in [2.75, 3.05) is 0 Å². The predicted octanol–water partition coefficient (Wildman–Crippen LogP) is 1.82. The Morgan fingerprint density at radius 2 is 2.00 bits per heavy atom. The van der Waals surface area contributed by atoms with Gasteiger partial charge in [0.25, 0.3) is 0 Å². The van der Waals surface area contributed by atoms with Crippen LogP contribution in [0.1, 0.15) is 11.3 Å². The lowest BCUT2D eigenvalue weighted by Gasteiger charge is -2.09. The van der Waals surface area contributed by atoms with Crippen molar-refractivity contribution in [2.45, 2.75) is 13.2 Å². The molecule has 88 valence electrons. The Hall–Kier alpha value is -2.07. The first-order valence-corrected chi connectivity index (χ1v) is 5.35. The van der Waals surface area contributed by atoms with Gasteiger partial charge in [0.1, 0.15) is 6.61 Å². The number of rotatable bonds is 4. The van der Waals surface area contributed by atoms with E-state index >= 15 is 0 Å². The van der Waals surface area contributed by atoms with Crippen LogP contribution < -0.4 is 10.5 Å². The number of benzene rings is 1. The topological polar surface area (TPSA) is 68.4 Å². The average molecular weight is 230 g/mol. The quantitative estimate of drug-likeness (QED) is 0.840. The molecule has 0 fully saturated rings. The maximum Gasteiger partial charge on any atom is 0.161 e. The van der Waals surface area contributed by atoms with Crippen LogP contribution in [0.25, 0.3) is 0 Å². The largest absolute Gasteiger partial charge is 0.504 e. The van der Waals surface area contributed by atoms with Gasteiger partial charge in [-0.15, -0.1) is 0 Å². The van der Waals surface area contributed by atoms with Gasteiger partial charge in [-0.1, -0.05) is 18.2 Å². The molecule has 0 radical (unpaired) electrons. The molecule has 0 atom stereocenters. The van der Waals surface area contributed by atoms with E-state index in [0.717, 1.165) is 11.3 Å². The second-order valence-corrected chi connectivity index (χ2v) is 3.57. The molecular formula is C13H14N2O2. The SMILES string of the molecule is NCc1cccnc1COc1ccccc1O. The fourth-order valence-electron chi connectivity index (χ4n) is 1.51. The van der Waals surface area contributed by atoms with Crippen LogP contribution in [0.4, 0.5) is 0 Å². The van der Waals surface area contributed by atoms with E-state index < -0.39 is 0 Å². The molecule has 0 aliphatic rings. The number of aromatic nitrogens is 1. The summed E-state index contributed by atoms with van der Waals surface area (Å²) in [6, 6.07) is 10.6. The van der Waals surface area contributed by atoms with Crippen molar-refractivity contribution >= 4 is 0 Å². The van der Waals surface area contributed by atoms with Crippen molar-refractivity contribution in [3.8, 4) is 11.5 Å². The average Bonchev–Trinajstić information content (AvgIpc) is 2.38. The van der Waals surface area contributed by atoms with Crippen LogP contribution in [0.5, 0.6) is 11.5 Å². The van der Waals surface area contributed by atoms with Crippen molar-refractivity contribution < 1.29 is 9.84 Å². The molecule has 1 aromatic carbocycles. The van der Waals surface area contributed by atoms with Crippen LogP contribution in [-0.4, -0.2) is 10.1 Å². The first-order chi connectivity index (χ1) is 8.31. The zero-order valence-electron chi connectivity index (χ0n) is 9.34. The van der Waals surface area contributed by atoms with Crippen molar-refractivity contribution in [1.29, 1.82) is 0 Å². The second-order valence-electron chi connectivity index (χ2n) is 3.57. The molecule has 4 nitrogen and oxygen atoms in total. The lowest BCUT2D eigenvalue weighted by atomic mass is 10.2. The lowest BCUT2D eigenvalue weighted by Crippen LogP contribution is -2.06. The number of para-hydroxylation sites is 2. The first kappa shape index (κ1) is 11.4. The molecule has 0 unspecified atom stereocenters. The number of phenolic OH excluding ortho intramolecular Hbond substituents is 1. The van der Waals surface area contributed by atoms with Gasteiger partial charge in [0, 0.05) is 12.7 Å². The Kier molecular flexibility index (Phi) is 3.57. The molecule has 0 saturated heterocycles. The fraction of sp³-hybridized carbons (Fsp3) is 0.154. The highest BCUT2D eigenvalue weighted by Gasteiger charge is 2.05. The Bertz CT molecular complexity index is 500. The minimum atomic E-state index is 0.123. The van der Waals surface area contributed by atoms with E-state index in [4.69, 9.17) is 10.5 Å². The van der Waals surface area contributed by atoms with Gasteiger partial charge in [0.05, 0.1) is 5.69 Å². The Morgan fingerprint density at radius 1 is 1.18 bits per heavy atom. The molecule has 1 heterocycles. The summed E-state index contributed by atoms with van der Waals surface area (Å²) in [5.41, 5.74) is 7.34. The van der Waals surface area contributed by atoms with Gasteiger partial charge in [-0.25, -0.2) is 0 Å².